The third-order valence-corrected chi connectivity index (χ3v) is 4.37. The highest BCUT2D eigenvalue weighted by molar-refractivity contribution is 9.10. The van der Waals surface area contributed by atoms with Crippen LogP contribution in [0.15, 0.2) is 22.0 Å². The molecule has 0 saturated heterocycles. The first-order valence-electron chi connectivity index (χ1n) is 6.80. The summed E-state index contributed by atoms with van der Waals surface area (Å²) in [6.07, 6.45) is 1.95. The van der Waals surface area contributed by atoms with E-state index in [1.54, 1.807) is 11.3 Å². The van der Waals surface area contributed by atoms with Gasteiger partial charge in [-0.2, -0.15) is 0 Å². The van der Waals surface area contributed by atoms with Crippen molar-refractivity contribution in [3.05, 3.63) is 32.7 Å². The fourth-order valence-electron chi connectivity index (χ4n) is 1.82. The maximum Gasteiger partial charge on any atom is 0.133 e. The minimum Gasteiger partial charge on any atom is -0.370 e. The standard InChI is InChI=1S/C14H19BrN4S/c1-3-5-12-18-13(16-4-2)7-14(19-12)17-8-11-6-10(15)9-20-11/h6-7,9H,3-5,8H2,1-2H3,(H2,16,17,18,19). The molecule has 2 aromatic rings. The Morgan fingerprint density at radius 3 is 2.50 bits per heavy atom. The van der Waals surface area contributed by atoms with E-state index in [1.165, 1.54) is 4.88 Å². The Morgan fingerprint density at radius 1 is 1.15 bits per heavy atom. The average molecular weight is 355 g/mol. The third-order valence-electron chi connectivity index (χ3n) is 2.67. The predicted molar refractivity (Wildman–Crippen MR) is 89.5 cm³/mol. The summed E-state index contributed by atoms with van der Waals surface area (Å²) in [5.41, 5.74) is 0. The first-order chi connectivity index (χ1) is 9.71. The van der Waals surface area contributed by atoms with E-state index >= 15 is 0 Å². The first kappa shape index (κ1) is 15.3. The molecule has 0 aliphatic heterocycles. The lowest BCUT2D eigenvalue weighted by Crippen LogP contribution is -2.07. The van der Waals surface area contributed by atoms with Crippen LogP contribution < -0.4 is 10.6 Å². The maximum atomic E-state index is 4.56. The van der Waals surface area contributed by atoms with E-state index in [2.05, 4.69) is 61.8 Å². The van der Waals surface area contributed by atoms with E-state index in [9.17, 15) is 0 Å². The van der Waals surface area contributed by atoms with Gasteiger partial charge >= 0.3 is 0 Å². The van der Waals surface area contributed by atoms with Gasteiger partial charge in [0.05, 0.1) is 6.54 Å². The average Bonchev–Trinajstić information content (AvgIpc) is 2.83. The van der Waals surface area contributed by atoms with Crippen molar-refractivity contribution in [2.75, 3.05) is 17.2 Å². The van der Waals surface area contributed by atoms with Gasteiger partial charge in [0.25, 0.3) is 0 Å². The number of aryl methyl sites for hydroxylation is 1. The topological polar surface area (TPSA) is 49.8 Å². The van der Waals surface area contributed by atoms with Crippen LogP contribution in [0.5, 0.6) is 0 Å². The van der Waals surface area contributed by atoms with Gasteiger partial charge in [0.15, 0.2) is 0 Å². The summed E-state index contributed by atoms with van der Waals surface area (Å²) >= 11 is 5.20. The molecule has 0 spiro atoms. The summed E-state index contributed by atoms with van der Waals surface area (Å²) in [5.74, 6) is 2.66. The zero-order valence-corrected chi connectivity index (χ0v) is 14.1. The molecule has 2 N–H and O–H groups in total. The maximum absolute atomic E-state index is 4.56. The number of hydrogen-bond donors (Lipinski definition) is 2. The first-order valence-corrected chi connectivity index (χ1v) is 8.47. The highest BCUT2D eigenvalue weighted by Crippen LogP contribution is 2.21. The Bertz CT molecular complexity index is 532. The Kier molecular flexibility index (Phi) is 5.79. The molecule has 108 valence electrons. The fraction of sp³-hybridized carbons (Fsp3) is 0.429. The molecular weight excluding hydrogens is 336 g/mol. The second-order valence-electron chi connectivity index (χ2n) is 4.42. The number of thiophene rings is 1. The molecule has 2 rings (SSSR count). The molecule has 0 unspecified atom stereocenters. The van der Waals surface area contributed by atoms with Crippen molar-refractivity contribution >= 4 is 38.9 Å². The second-order valence-corrected chi connectivity index (χ2v) is 6.33. The smallest absolute Gasteiger partial charge is 0.133 e. The molecule has 0 aromatic carbocycles. The van der Waals surface area contributed by atoms with Crippen molar-refractivity contribution in [3.8, 4) is 0 Å². The van der Waals surface area contributed by atoms with Gasteiger partial charge in [-0.3, -0.25) is 0 Å². The quantitative estimate of drug-likeness (QED) is 0.778. The van der Waals surface area contributed by atoms with Gasteiger partial charge in [-0.25, -0.2) is 9.97 Å². The largest absolute Gasteiger partial charge is 0.370 e. The van der Waals surface area contributed by atoms with Gasteiger partial charge in [-0.15, -0.1) is 11.3 Å². The number of rotatable bonds is 7. The predicted octanol–water partition coefficient (Wildman–Crippen LogP) is 4.30. The van der Waals surface area contributed by atoms with Gasteiger partial charge < -0.3 is 10.6 Å². The van der Waals surface area contributed by atoms with Gasteiger partial charge in [-0.1, -0.05) is 6.92 Å². The van der Waals surface area contributed by atoms with E-state index in [0.717, 1.165) is 47.9 Å². The summed E-state index contributed by atoms with van der Waals surface area (Å²) in [6.45, 7) is 5.85. The number of halogens is 1. The summed E-state index contributed by atoms with van der Waals surface area (Å²) in [4.78, 5) is 10.3. The Labute approximate surface area is 132 Å². The van der Waals surface area contributed by atoms with Crippen molar-refractivity contribution in [2.45, 2.75) is 33.2 Å². The summed E-state index contributed by atoms with van der Waals surface area (Å²) < 4.78 is 1.13. The molecule has 2 heterocycles. The number of anilines is 2. The van der Waals surface area contributed by atoms with Crippen molar-refractivity contribution in [3.63, 3.8) is 0 Å². The summed E-state index contributed by atoms with van der Waals surface area (Å²) in [6, 6.07) is 4.09. The van der Waals surface area contributed by atoms with Crippen LogP contribution in [0.4, 0.5) is 11.6 Å². The molecule has 0 atom stereocenters. The van der Waals surface area contributed by atoms with Crippen molar-refractivity contribution < 1.29 is 0 Å². The fourth-order valence-corrected chi connectivity index (χ4v) is 3.21. The third kappa shape index (κ3) is 4.45. The van der Waals surface area contributed by atoms with Gasteiger partial charge in [0.1, 0.15) is 17.5 Å². The van der Waals surface area contributed by atoms with Crippen molar-refractivity contribution in [1.82, 2.24) is 9.97 Å². The molecule has 0 amide bonds. The Morgan fingerprint density at radius 2 is 1.90 bits per heavy atom. The van der Waals surface area contributed by atoms with E-state index in [4.69, 9.17) is 0 Å². The molecule has 2 aromatic heterocycles. The second kappa shape index (κ2) is 7.59. The van der Waals surface area contributed by atoms with Gasteiger partial charge in [0.2, 0.25) is 0 Å². The molecule has 0 aliphatic carbocycles. The van der Waals surface area contributed by atoms with Crippen LogP contribution in [0.25, 0.3) is 0 Å². The lowest BCUT2D eigenvalue weighted by Gasteiger charge is -2.09. The van der Waals surface area contributed by atoms with Crippen LogP contribution in [-0.4, -0.2) is 16.5 Å². The number of nitrogens with zero attached hydrogens (tertiary/aromatic N) is 2. The zero-order valence-electron chi connectivity index (χ0n) is 11.7. The van der Waals surface area contributed by atoms with E-state index in [-0.39, 0.29) is 0 Å². The molecular formula is C14H19BrN4S. The number of nitrogens with one attached hydrogen (secondary N) is 2. The van der Waals surface area contributed by atoms with Gasteiger partial charge in [0, 0.05) is 33.8 Å². The summed E-state index contributed by atoms with van der Waals surface area (Å²) in [7, 11) is 0. The molecule has 6 heteroatoms. The van der Waals surface area contributed by atoms with Crippen LogP contribution in [0.1, 0.15) is 31.0 Å². The van der Waals surface area contributed by atoms with Crippen LogP contribution in [-0.2, 0) is 13.0 Å². The van der Waals surface area contributed by atoms with Crippen LogP contribution >= 0.6 is 27.3 Å². The zero-order chi connectivity index (χ0) is 14.4. The molecule has 0 fully saturated rings. The van der Waals surface area contributed by atoms with Crippen molar-refractivity contribution in [1.29, 1.82) is 0 Å². The minimum atomic E-state index is 0.782. The van der Waals surface area contributed by atoms with E-state index in [1.807, 2.05) is 6.07 Å². The highest BCUT2D eigenvalue weighted by Gasteiger charge is 2.04. The Hall–Kier alpha value is -1.14. The van der Waals surface area contributed by atoms with Crippen LogP contribution in [0.2, 0.25) is 0 Å². The SMILES string of the molecule is CCCc1nc(NCC)cc(NCc2cc(Br)cs2)n1. The van der Waals surface area contributed by atoms with E-state index in [0.29, 0.717) is 0 Å². The lowest BCUT2D eigenvalue weighted by atomic mass is 10.3. The number of aromatic nitrogens is 2. The molecule has 20 heavy (non-hydrogen) atoms. The van der Waals surface area contributed by atoms with Crippen molar-refractivity contribution in [2.24, 2.45) is 0 Å². The lowest BCUT2D eigenvalue weighted by molar-refractivity contribution is 0.834. The minimum absolute atomic E-state index is 0.782. The number of hydrogen-bond acceptors (Lipinski definition) is 5. The Balaban J connectivity index is 2.08. The molecule has 0 saturated carbocycles. The monoisotopic (exact) mass is 354 g/mol. The highest BCUT2D eigenvalue weighted by atomic mass is 79.9. The molecule has 4 nitrogen and oxygen atoms in total. The summed E-state index contributed by atoms with van der Waals surface area (Å²) in [5, 5.41) is 8.71. The van der Waals surface area contributed by atoms with Gasteiger partial charge in [-0.05, 0) is 35.3 Å². The van der Waals surface area contributed by atoms with Crippen LogP contribution in [0, 0.1) is 0 Å². The normalized spacial score (nSPS) is 10.6. The van der Waals surface area contributed by atoms with E-state index < -0.39 is 0 Å². The van der Waals surface area contributed by atoms with Crippen LogP contribution in [0.3, 0.4) is 0 Å². The molecule has 0 radical (unpaired) electrons. The molecule has 0 bridgehead atoms. The molecule has 0 aliphatic rings.